The first-order valence-electron chi connectivity index (χ1n) is 6.72. The lowest BCUT2D eigenvalue weighted by Gasteiger charge is -2.16. The Morgan fingerprint density at radius 1 is 1.42 bits per heavy atom. The van der Waals surface area contributed by atoms with Crippen molar-refractivity contribution in [2.24, 2.45) is 0 Å². The van der Waals surface area contributed by atoms with Gasteiger partial charge in [0.1, 0.15) is 17.5 Å². The molecule has 6 nitrogen and oxygen atoms in total. The molecule has 2 heterocycles. The number of nitrogens with one attached hydrogen (secondary N) is 1. The van der Waals surface area contributed by atoms with Crippen LogP contribution < -0.4 is 11.1 Å². The Bertz CT molecular complexity index is 454. The first-order valence-corrected chi connectivity index (χ1v) is 6.72. The van der Waals surface area contributed by atoms with Crippen molar-refractivity contribution in [3.8, 4) is 0 Å². The van der Waals surface area contributed by atoms with Gasteiger partial charge >= 0.3 is 0 Å². The lowest BCUT2D eigenvalue weighted by Crippen LogP contribution is -2.33. The van der Waals surface area contributed by atoms with Crippen molar-refractivity contribution in [3.05, 3.63) is 11.9 Å². The van der Waals surface area contributed by atoms with E-state index in [0.717, 1.165) is 25.9 Å². The molecule has 0 spiro atoms. The zero-order chi connectivity index (χ0) is 13.8. The molecule has 0 aliphatic carbocycles. The number of rotatable bonds is 4. The number of carbonyl (C=O) groups excluding carboxylic acids is 1. The van der Waals surface area contributed by atoms with Gasteiger partial charge < -0.3 is 16.0 Å². The summed E-state index contributed by atoms with van der Waals surface area (Å²) in [5.41, 5.74) is 5.74. The van der Waals surface area contributed by atoms with Crippen molar-refractivity contribution in [2.45, 2.75) is 32.6 Å². The molecule has 104 valence electrons. The molecule has 1 saturated heterocycles. The maximum Gasteiger partial charge on any atom is 0.241 e. The second kappa shape index (κ2) is 5.86. The van der Waals surface area contributed by atoms with Gasteiger partial charge in [0.15, 0.2) is 0 Å². The van der Waals surface area contributed by atoms with Crippen LogP contribution in [-0.2, 0) is 4.79 Å². The van der Waals surface area contributed by atoms with Crippen LogP contribution in [0.15, 0.2) is 6.07 Å². The molecular formula is C13H21N5O. The quantitative estimate of drug-likeness (QED) is 0.853. The van der Waals surface area contributed by atoms with E-state index < -0.39 is 0 Å². The van der Waals surface area contributed by atoms with Crippen LogP contribution in [0.5, 0.6) is 0 Å². The van der Waals surface area contributed by atoms with Gasteiger partial charge in [0.05, 0.1) is 6.54 Å². The van der Waals surface area contributed by atoms with Crippen LogP contribution in [0.1, 0.15) is 38.4 Å². The molecule has 6 heteroatoms. The molecule has 1 aliphatic heterocycles. The largest absolute Gasteiger partial charge is 0.384 e. The molecule has 0 unspecified atom stereocenters. The topological polar surface area (TPSA) is 84.1 Å². The Hall–Kier alpha value is -1.85. The fraction of sp³-hybridized carbons (Fsp3) is 0.615. The smallest absolute Gasteiger partial charge is 0.241 e. The molecule has 19 heavy (non-hydrogen) atoms. The van der Waals surface area contributed by atoms with Crippen LogP contribution in [0.4, 0.5) is 11.6 Å². The highest BCUT2D eigenvalue weighted by atomic mass is 16.2. The molecule has 1 amide bonds. The number of hydrogen-bond acceptors (Lipinski definition) is 5. The van der Waals surface area contributed by atoms with Gasteiger partial charge in [-0.3, -0.25) is 4.79 Å². The SMILES string of the molecule is CC(C)c1nc(N)cc(NCC(=O)N2CCCC2)n1. The van der Waals surface area contributed by atoms with E-state index in [1.54, 1.807) is 6.07 Å². The Kier molecular flexibility index (Phi) is 4.19. The Balaban J connectivity index is 1.97. The molecule has 3 N–H and O–H groups in total. The molecule has 1 aromatic rings. The molecule has 0 bridgehead atoms. The van der Waals surface area contributed by atoms with Gasteiger partial charge in [-0.15, -0.1) is 0 Å². The van der Waals surface area contributed by atoms with Crippen molar-refractivity contribution >= 4 is 17.5 Å². The molecule has 0 atom stereocenters. The average Bonchev–Trinajstić information content (AvgIpc) is 2.89. The van der Waals surface area contributed by atoms with Crippen LogP contribution in [0, 0.1) is 0 Å². The predicted octanol–water partition coefficient (Wildman–Crippen LogP) is 1.22. The summed E-state index contributed by atoms with van der Waals surface area (Å²) in [6, 6.07) is 1.66. The molecule has 1 aliphatic rings. The summed E-state index contributed by atoms with van der Waals surface area (Å²) in [6.07, 6.45) is 2.20. The van der Waals surface area contributed by atoms with E-state index in [1.165, 1.54) is 0 Å². The molecule has 0 saturated carbocycles. The number of nitrogens with zero attached hydrogens (tertiary/aromatic N) is 3. The summed E-state index contributed by atoms with van der Waals surface area (Å²) in [5, 5.41) is 3.04. The zero-order valence-corrected chi connectivity index (χ0v) is 11.5. The van der Waals surface area contributed by atoms with Crippen molar-refractivity contribution < 1.29 is 4.79 Å². The third-order valence-electron chi connectivity index (χ3n) is 3.16. The summed E-state index contributed by atoms with van der Waals surface area (Å²) in [7, 11) is 0. The number of aromatic nitrogens is 2. The molecule has 0 aromatic carbocycles. The van der Waals surface area contributed by atoms with Crippen LogP contribution in [-0.4, -0.2) is 40.4 Å². The molecule has 1 fully saturated rings. The van der Waals surface area contributed by atoms with Gasteiger partial charge in [0.25, 0.3) is 0 Å². The third kappa shape index (κ3) is 3.56. The number of likely N-dealkylation sites (tertiary alicyclic amines) is 1. The van der Waals surface area contributed by atoms with E-state index in [-0.39, 0.29) is 18.4 Å². The number of anilines is 2. The third-order valence-corrected chi connectivity index (χ3v) is 3.16. The van der Waals surface area contributed by atoms with Crippen molar-refractivity contribution in [2.75, 3.05) is 30.7 Å². The molecule has 0 radical (unpaired) electrons. The van der Waals surface area contributed by atoms with Gasteiger partial charge in [-0.2, -0.15) is 0 Å². The Morgan fingerprint density at radius 2 is 2.11 bits per heavy atom. The summed E-state index contributed by atoms with van der Waals surface area (Å²) >= 11 is 0. The lowest BCUT2D eigenvalue weighted by atomic mass is 10.2. The Morgan fingerprint density at radius 3 is 2.74 bits per heavy atom. The maximum atomic E-state index is 11.9. The van der Waals surface area contributed by atoms with E-state index >= 15 is 0 Å². The second-order valence-electron chi connectivity index (χ2n) is 5.13. The minimum Gasteiger partial charge on any atom is -0.384 e. The second-order valence-corrected chi connectivity index (χ2v) is 5.13. The highest BCUT2D eigenvalue weighted by molar-refractivity contribution is 5.80. The fourth-order valence-electron chi connectivity index (χ4n) is 2.08. The summed E-state index contributed by atoms with van der Waals surface area (Å²) < 4.78 is 0. The van der Waals surface area contributed by atoms with Gasteiger partial charge in [-0.05, 0) is 12.8 Å². The monoisotopic (exact) mass is 263 g/mol. The van der Waals surface area contributed by atoms with Gasteiger partial charge in [0.2, 0.25) is 5.91 Å². The predicted molar refractivity (Wildman–Crippen MR) is 74.8 cm³/mol. The van der Waals surface area contributed by atoms with E-state index in [9.17, 15) is 4.79 Å². The first kappa shape index (κ1) is 13.6. The highest BCUT2D eigenvalue weighted by Gasteiger charge is 2.17. The van der Waals surface area contributed by atoms with Gasteiger partial charge in [-0.1, -0.05) is 13.8 Å². The first-order chi connectivity index (χ1) is 9.06. The maximum absolute atomic E-state index is 11.9. The minimum absolute atomic E-state index is 0.112. The minimum atomic E-state index is 0.112. The lowest BCUT2D eigenvalue weighted by molar-refractivity contribution is -0.128. The zero-order valence-electron chi connectivity index (χ0n) is 11.5. The number of carbonyl (C=O) groups is 1. The number of nitrogens with two attached hydrogens (primary N) is 1. The van der Waals surface area contributed by atoms with E-state index in [1.807, 2.05) is 18.7 Å². The van der Waals surface area contributed by atoms with Crippen molar-refractivity contribution in [1.82, 2.24) is 14.9 Å². The highest BCUT2D eigenvalue weighted by Crippen LogP contribution is 2.15. The van der Waals surface area contributed by atoms with Crippen LogP contribution >= 0.6 is 0 Å². The average molecular weight is 263 g/mol. The summed E-state index contributed by atoms with van der Waals surface area (Å²) in [4.78, 5) is 22.3. The van der Waals surface area contributed by atoms with Crippen molar-refractivity contribution in [3.63, 3.8) is 0 Å². The van der Waals surface area contributed by atoms with Gasteiger partial charge in [0, 0.05) is 25.1 Å². The number of amides is 1. The van der Waals surface area contributed by atoms with Crippen LogP contribution in [0.3, 0.4) is 0 Å². The normalized spacial score (nSPS) is 15.0. The van der Waals surface area contributed by atoms with E-state index in [4.69, 9.17) is 5.73 Å². The van der Waals surface area contributed by atoms with Crippen LogP contribution in [0.25, 0.3) is 0 Å². The Labute approximate surface area is 113 Å². The van der Waals surface area contributed by atoms with Crippen molar-refractivity contribution in [1.29, 1.82) is 0 Å². The fourth-order valence-corrected chi connectivity index (χ4v) is 2.08. The van der Waals surface area contributed by atoms with E-state index in [0.29, 0.717) is 17.5 Å². The number of nitrogen functional groups attached to an aromatic ring is 1. The molecule has 1 aromatic heterocycles. The van der Waals surface area contributed by atoms with Crippen LogP contribution in [0.2, 0.25) is 0 Å². The molecular weight excluding hydrogens is 242 g/mol. The molecule has 2 rings (SSSR count). The van der Waals surface area contributed by atoms with Gasteiger partial charge in [-0.25, -0.2) is 9.97 Å². The summed E-state index contributed by atoms with van der Waals surface area (Å²) in [6.45, 7) is 6.00. The standard InChI is InChI=1S/C13H21N5O/c1-9(2)13-16-10(14)7-11(17-13)15-8-12(19)18-5-3-4-6-18/h7,9H,3-6,8H2,1-2H3,(H3,14,15,16,17). The summed E-state index contributed by atoms with van der Waals surface area (Å²) in [5.74, 6) is 2.05. The van der Waals surface area contributed by atoms with E-state index in [2.05, 4.69) is 15.3 Å². The number of hydrogen-bond donors (Lipinski definition) is 2.